The Morgan fingerprint density at radius 3 is 2.69 bits per heavy atom. The summed E-state index contributed by atoms with van der Waals surface area (Å²) >= 11 is 11.6. The van der Waals surface area contributed by atoms with Crippen molar-refractivity contribution < 1.29 is 8.42 Å². The Hall–Kier alpha value is -0.300. The molecule has 1 aromatic rings. The van der Waals surface area contributed by atoms with E-state index in [4.69, 9.17) is 23.2 Å². The lowest BCUT2D eigenvalue weighted by Crippen LogP contribution is -2.31. The highest BCUT2D eigenvalue weighted by molar-refractivity contribution is 7.89. The Morgan fingerprint density at radius 2 is 2.25 bits per heavy atom. The number of nitrogens with zero attached hydrogens (tertiary/aromatic N) is 2. The maximum Gasteiger partial charge on any atom is 0.259 e. The molecule has 5 nitrogen and oxygen atoms in total. The number of rotatable bonds is 5. The highest BCUT2D eigenvalue weighted by Crippen LogP contribution is 2.19. The minimum absolute atomic E-state index is 0.0471. The van der Waals surface area contributed by atoms with Crippen LogP contribution in [0.5, 0.6) is 0 Å². The van der Waals surface area contributed by atoms with Crippen molar-refractivity contribution in [2.75, 3.05) is 6.54 Å². The van der Waals surface area contributed by atoms with E-state index in [2.05, 4.69) is 9.82 Å². The van der Waals surface area contributed by atoms with Crippen molar-refractivity contribution in [2.24, 2.45) is 7.05 Å². The van der Waals surface area contributed by atoms with E-state index in [9.17, 15) is 8.42 Å². The van der Waals surface area contributed by atoms with Gasteiger partial charge in [-0.25, -0.2) is 13.1 Å². The fourth-order valence-corrected chi connectivity index (χ4v) is 3.02. The fraction of sp³-hybridized carbons (Fsp3) is 0.625. The van der Waals surface area contributed by atoms with Crippen LogP contribution in [-0.4, -0.2) is 30.1 Å². The number of alkyl halides is 1. The van der Waals surface area contributed by atoms with Gasteiger partial charge in [-0.3, -0.25) is 4.68 Å². The molecule has 1 N–H and O–H groups in total. The summed E-state index contributed by atoms with van der Waals surface area (Å²) in [6.07, 6.45) is 1.97. The van der Waals surface area contributed by atoms with Crippen LogP contribution in [0.3, 0.4) is 0 Å². The van der Waals surface area contributed by atoms with Gasteiger partial charge in [0.05, 0.1) is 11.2 Å². The van der Waals surface area contributed by atoms with Gasteiger partial charge < -0.3 is 0 Å². The van der Waals surface area contributed by atoms with Gasteiger partial charge in [-0.15, -0.1) is 11.6 Å². The van der Waals surface area contributed by atoms with Crippen LogP contribution in [0.1, 0.15) is 13.3 Å². The van der Waals surface area contributed by atoms with E-state index in [-0.39, 0.29) is 22.0 Å². The second kappa shape index (κ2) is 5.35. The molecule has 0 spiro atoms. The molecular weight excluding hydrogens is 273 g/mol. The van der Waals surface area contributed by atoms with Crippen molar-refractivity contribution in [3.8, 4) is 0 Å². The number of nitrogens with one attached hydrogen (secondary N) is 1. The first-order valence-corrected chi connectivity index (χ1v) is 6.99. The molecule has 1 unspecified atom stereocenters. The topological polar surface area (TPSA) is 64.0 Å². The number of hydrogen-bond acceptors (Lipinski definition) is 3. The second-order valence-electron chi connectivity index (χ2n) is 3.28. The Kier molecular flexibility index (Phi) is 4.61. The quantitative estimate of drug-likeness (QED) is 0.831. The third-order valence-corrected chi connectivity index (χ3v) is 4.43. The highest BCUT2D eigenvalue weighted by Gasteiger charge is 2.22. The van der Waals surface area contributed by atoms with Gasteiger partial charge in [0, 0.05) is 19.0 Å². The van der Waals surface area contributed by atoms with Crippen molar-refractivity contribution in [1.82, 2.24) is 14.5 Å². The van der Waals surface area contributed by atoms with Crippen molar-refractivity contribution in [2.45, 2.75) is 23.7 Å². The van der Waals surface area contributed by atoms with Crippen molar-refractivity contribution in [3.63, 3.8) is 0 Å². The second-order valence-corrected chi connectivity index (χ2v) is 5.99. The minimum atomic E-state index is -3.65. The lowest BCUT2D eigenvalue weighted by atomic mass is 10.3. The van der Waals surface area contributed by atoms with Crippen LogP contribution < -0.4 is 4.72 Å². The van der Waals surface area contributed by atoms with E-state index >= 15 is 0 Å². The van der Waals surface area contributed by atoms with Crippen molar-refractivity contribution in [1.29, 1.82) is 0 Å². The molecule has 92 valence electrons. The van der Waals surface area contributed by atoms with E-state index in [1.807, 2.05) is 6.92 Å². The van der Waals surface area contributed by atoms with Gasteiger partial charge >= 0.3 is 0 Å². The number of sulfonamides is 1. The summed E-state index contributed by atoms with van der Waals surface area (Å²) < 4.78 is 27.3. The molecule has 0 radical (unpaired) electrons. The third-order valence-electron chi connectivity index (χ3n) is 2.03. The van der Waals surface area contributed by atoms with E-state index < -0.39 is 10.0 Å². The van der Waals surface area contributed by atoms with E-state index in [0.29, 0.717) is 6.42 Å². The third kappa shape index (κ3) is 3.10. The molecule has 0 fully saturated rings. The zero-order chi connectivity index (χ0) is 12.3. The Balaban J connectivity index is 2.87. The molecule has 0 saturated heterocycles. The summed E-state index contributed by atoms with van der Waals surface area (Å²) in [5.74, 6) is 0. The number of hydrogen-bond donors (Lipinski definition) is 1. The molecule has 0 aliphatic carbocycles. The molecule has 0 bridgehead atoms. The van der Waals surface area contributed by atoms with Crippen LogP contribution in [0.25, 0.3) is 0 Å². The standard InChI is InChI=1S/C8H13Cl2N3O2S/c1-3-6(9)4-12-16(14,15)8-7(10)5-11-13(8)2/h5-6,12H,3-4H2,1-2H3. The molecule has 0 amide bonds. The molecular formula is C8H13Cl2N3O2S. The monoisotopic (exact) mass is 285 g/mol. The zero-order valence-corrected chi connectivity index (χ0v) is 11.3. The van der Waals surface area contributed by atoms with Gasteiger partial charge in [0.1, 0.15) is 0 Å². The van der Waals surface area contributed by atoms with Gasteiger partial charge in [0.15, 0.2) is 5.03 Å². The maximum absolute atomic E-state index is 11.8. The van der Waals surface area contributed by atoms with Crippen LogP contribution in [-0.2, 0) is 17.1 Å². The molecule has 1 heterocycles. The van der Waals surface area contributed by atoms with E-state index in [0.717, 1.165) is 0 Å². The van der Waals surface area contributed by atoms with Crippen molar-refractivity contribution >= 4 is 33.2 Å². The summed E-state index contributed by atoms with van der Waals surface area (Å²) in [7, 11) is -2.14. The Bertz CT molecular complexity index is 438. The van der Waals surface area contributed by atoms with Crippen LogP contribution in [0.2, 0.25) is 5.02 Å². The summed E-state index contributed by atoms with van der Waals surface area (Å²) in [6, 6.07) is 0. The van der Waals surface area contributed by atoms with E-state index in [1.165, 1.54) is 17.9 Å². The average Bonchev–Trinajstić information content (AvgIpc) is 2.55. The normalized spacial score (nSPS) is 14.0. The summed E-state index contributed by atoms with van der Waals surface area (Å²) in [4.78, 5) is 0. The molecule has 0 aliphatic heterocycles. The fourth-order valence-electron chi connectivity index (χ4n) is 1.11. The van der Waals surface area contributed by atoms with Gasteiger partial charge in [-0.1, -0.05) is 18.5 Å². The van der Waals surface area contributed by atoms with Gasteiger partial charge in [-0.05, 0) is 6.42 Å². The van der Waals surface area contributed by atoms with E-state index in [1.54, 1.807) is 0 Å². The molecule has 8 heteroatoms. The lowest BCUT2D eigenvalue weighted by Gasteiger charge is -2.09. The molecule has 1 aromatic heterocycles. The highest BCUT2D eigenvalue weighted by atomic mass is 35.5. The van der Waals surface area contributed by atoms with Gasteiger partial charge in [0.2, 0.25) is 0 Å². The van der Waals surface area contributed by atoms with Crippen LogP contribution >= 0.6 is 23.2 Å². The maximum atomic E-state index is 11.8. The van der Waals surface area contributed by atoms with Crippen LogP contribution in [0, 0.1) is 0 Å². The van der Waals surface area contributed by atoms with Crippen molar-refractivity contribution in [3.05, 3.63) is 11.2 Å². The molecule has 0 aliphatic rings. The smallest absolute Gasteiger partial charge is 0.255 e. The molecule has 0 aromatic carbocycles. The molecule has 16 heavy (non-hydrogen) atoms. The first kappa shape index (κ1) is 13.8. The first-order valence-electron chi connectivity index (χ1n) is 4.69. The Morgan fingerprint density at radius 1 is 1.62 bits per heavy atom. The largest absolute Gasteiger partial charge is 0.259 e. The summed E-state index contributed by atoms with van der Waals surface area (Å²) in [6.45, 7) is 2.05. The number of halogens is 2. The number of aromatic nitrogens is 2. The molecule has 1 rings (SSSR count). The SMILES string of the molecule is CCC(Cl)CNS(=O)(=O)c1c(Cl)cnn1C. The summed E-state index contributed by atoms with van der Waals surface area (Å²) in [5.41, 5.74) is 0. The Labute approximate surface area is 105 Å². The molecule has 0 saturated carbocycles. The predicted molar refractivity (Wildman–Crippen MR) is 63.3 cm³/mol. The van der Waals surface area contributed by atoms with Gasteiger partial charge in [0.25, 0.3) is 10.0 Å². The zero-order valence-electron chi connectivity index (χ0n) is 8.94. The molecule has 1 atom stereocenters. The van der Waals surface area contributed by atoms with Crippen LogP contribution in [0.4, 0.5) is 0 Å². The number of aryl methyl sites for hydroxylation is 1. The average molecular weight is 286 g/mol. The van der Waals surface area contributed by atoms with Crippen LogP contribution in [0.15, 0.2) is 11.2 Å². The summed E-state index contributed by atoms with van der Waals surface area (Å²) in [5, 5.41) is 3.58. The lowest BCUT2D eigenvalue weighted by molar-refractivity contribution is 0.561. The predicted octanol–water partition coefficient (Wildman–Crippen LogP) is 1.37. The first-order chi connectivity index (χ1) is 7.38. The van der Waals surface area contributed by atoms with Gasteiger partial charge in [-0.2, -0.15) is 5.10 Å². The minimum Gasteiger partial charge on any atom is -0.255 e.